The molecule has 1 atom stereocenters. The van der Waals surface area contributed by atoms with Gasteiger partial charge in [0.2, 0.25) is 0 Å². The minimum absolute atomic E-state index is 0.472. The van der Waals surface area contributed by atoms with Gasteiger partial charge in [0, 0.05) is 5.75 Å². The lowest BCUT2D eigenvalue weighted by Crippen LogP contribution is -2.18. The SMILES string of the molecule is CC(C)(C)C1C=CSC1. The maximum absolute atomic E-state index is 2.32. The fourth-order valence-corrected chi connectivity index (χ4v) is 2.13. The first-order valence-corrected chi connectivity index (χ1v) is 4.44. The normalized spacial score (nSPS) is 27.2. The molecule has 0 aromatic heterocycles. The second-order valence-corrected chi connectivity index (χ2v) is 4.57. The number of rotatable bonds is 0. The van der Waals surface area contributed by atoms with E-state index in [2.05, 4.69) is 32.3 Å². The Kier molecular flexibility index (Phi) is 1.90. The summed E-state index contributed by atoms with van der Waals surface area (Å²) in [6.07, 6.45) is 2.32. The summed E-state index contributed by atoms with van der Waals surface area (Å²) >= 11 is 1.93. The van der Waals surface area contributed by atoms with Gasteiger partial charge in [0.15, 0.2) is 0 Å². The molecule has 0 amide bonds. The topological polar surface area (TPSA) is 0 Å². The highest BCUT2D eigenvalue weighted by molar-refractivity contribution is 8.02. The average Bonchev–Trinajstić information content (AvgIpc) is 2.08. The van der Waals surface area contributed by atoms with E-state index in [9.17, 15) is 0 Å². The van der Waals surface area contributed by atoms with E-state index in [4.69, 9.17) is 0 Å². The minimum atomic E-state index is 0.472. The highest BCUT2D eigenvalue weighted by Crippen LogP contribution is 2.34. The maximum atomic E-state index is 2.32. The third-order valence-corrected chi connectivity index (χ3v) is 2.70. The molecular weight excluding hydrogens is 128 g/mol. The van der Waals surface area contributed by atoms with Gasteiger partial charge in [0.25, 0.3) is 0 Å². The van der Waals surface area contributed by atoms with Crippen LogP contribution in [-0.2, 0) is 0 Å². The second-order valence-electron chi connectivity index (χ2n) is 3.63. The van der Waals surface area contributed by atoms with Crippen LogP contribution in [0.4, 0.5) is 0 Å². The van der Waals surface area contributed by atoms with Crippen LogP contribution in [0.15, 0.2) is 11.5 Å². The molecule has 0 nitrogen and oxygen atoms in total. The van der Waals surface area contributed by atoms with Crippen LogP contribution in [0.25, 0.3) is 0 Å². The zero-order chi connectivity index (χ0) is 6.91. The van der Waals surface area contributed by atoms with Gasteiger partial charge in [0.05, 0.1) is 0 Å². The summed E-state index contributed by atoms with van der Waals surface area (Å²) in [4.78, 5) is 0. The smallest absolute Gasteiger partial charge is 0.00423 e. The Bertz CT molecular complexity index is 119. The first kappa shape index (κ1) is 7.20. The van der Waals surface area contributed by atoms with Crippen molar-refractivity contribution in [1.29, 1.82) is 0 Å². The molecule has 0 aliphatic carbocycles. The van der Waals surface area contributed by atoms with Crippen molar-refractivity contribution in [3.05, 3.63) is 11.5 Å². The molecule has 9 heavy (non-hydrogen) atoms. The van der Waals surface area contributed by atoms with E-state index in [-0.39, 0.29) is 0 Å². The van der Waals surface area contributed by atoms with E-state index in [0.717, 1.165) is 5.92 Å². The Hall–Kier alpha value is 0.0900. The second kappa shape index (κ2) is 2.37. The highest BCUT2D eigenvalue weighted by Gasteiger charge is 2.23. The van der Waals surface area contributed by atoms with Crippen LogP contribution in [0.5, 0.6) is 0 Å². The molecule has 0 fully saturated rings. The van der Waals surface area contributed by atoms with Crippen molar-refractivity contribution in [2.45, 2.75) is 20.8 Å². The quantitative estimate of drug-likeness (QED) is 0.501. The molecule has 1 aliphatic rings. The lowest BCUT2D eigenvalue weighted by Gasteiger charge is -2.24. The Morgan fingerprint density at radius 2 is 2.11 bits per heavy atom. The highest BCUT2D eigenvalue weighted by atomic mass is 32.2. The summed E-state index contributed by atoms with van der Waals surface area (Å²) in [5.74, 6) is 2.08. The molecule has 0 spiro atoms. The van der Waals surface area contributed by atoms with E-state index in [0.29, 0.717) is 5.41 Å². The number of thioether (sulfide) groups is 1. The molecule has 0 bridgehead atoms. The van der Waals surface area contributed by atoms with Crippen LogP contribution < -0.4 is 0 Å². The van der Waals surface area contributed by atoms with E-state index < -0.39 is 0 Å². The predicted molar refractivity (Wildman–Crippen MR) is 44.5 cm³/mol. The third-order valence-electron chi connectivity index (χ3n) is 1.80. The van der Waals surface area contributed by atoms with Crippen LogP contribution in [-0.4, -0.2) is 5.75 Å². The van der Waals surface area contributed by atoms with Crippen molar-refractivity contribution in [1.82, 2.24) is 0 Å². The summed E-state index contributed by atoms with van der Waals surface area (Å²) in [6, 6.07) is 0. The van der Waals surface area contributed by atoms with Gasteiger partial charge in [-0.05, 0) is 16.7 Å². The molecule has 0 aromatic rings. The molecule has 52 valence electrons. The van der Waals surface area contributed by atoms with E-state index >= 15 is 0 Å². The zero-order valence-electron chi connectivity index (χ0n) is 6.35. The monoisotopic (exact) mass is 142 g/mol. The molecular formula is C8H14S. The largest absolute Gasteiger partial charge is 0.134 e. The molecule has 1 rings (SSSR count). The molecule has 1 heterocycles. The predicted octanol–water partition coefficient (Wildman–Crippen LogP) is 2.91. The van der Waals surface area contributed by atoms with Crippen molar-refractivity contribution < 1.29 is 0 Å². The molecule has 1 unspecified atom stereocenters. The van der Waals surface area contributed by atoms with Crippen molar-refractivity contribution in [3.63, 3.8) is 0 Å². The molecule has 0 radical (unpaired) electrons. The first-order valence-electron chi connectivity index (χ1n) is 3.39. The fourth-order valence-electron chi connectivity index (χ4n) is 0.904. The summed E-state index contributed by atoms with van der Waals surface area (Å²) in [5.41, 5.74) is 0.472. The van der Waals surface area contributed by atoms with Gasteiger partial charge in [0.1, 0.15) is 0 Å². The van der Waals surface area contributed by atoms with E-state index in [1.165, 1.54) is 5.75 Å². The van der Waals surface area contributed by atoms with E-state index in [1.54, 1.807) is 0 Å². The Labute approximate surface area is 61.7 Å². The molecule has 0 saturated carbocycles. The molecule has 0 saturated heterocycles. The van der Waals surface area contributed by atoms with Crippen molar-refractivity contribution in [3.8, 4) is 0 Å². The molecule has 1 heteroatoms. The van der Waals surface area contributed by atoms with Gasteiger partial charge in [-0.1, -0.05) is 26.8 Å². The lowest BCUT2D eigenvalue weighted by atomic mass is 9.82. The summed E-state index contributed by atoms with van der Waals surface area (Å²) in [6.45, 7) is 6.90. The van der Waals surface area contributed by atoms with E-state index in [1.807, 2.05) is 11.8 Å². The van der Waals surface area contributed by atoms with Crippen LogP contribution >= 0.6 is 11.8 Å². The maximum Gasteiger partial charge on any atom is 0.00423 e. The number of allylic oxidation sites excluding steroid dienone is 1. The fraction of sp³-hybridized carbons (Fsp3) is 0.750. The zero-order valence-corrected chi connectivity index (χ0v) is 7.16. The first-order chi connectivity index (χ1) is 4.11. The van der Waals surface area contributed by atoms with Crippen LogP contribution in [0.2, 0.25) is 0 Å². The Morgan fingerprint density at radius 1 is 1.44 bits per heavy atom. The van der Waals surface area contributed by atoms with Crippen LogP contribution in [0, 0.1) is 11.3 Å². The van der Waals surface area contributed by atoms with Gasteiger partial charge in [-0.25, -0.2) is 0 Å². The van der Waals surface area contributed by atoms with Gasteiger partial charge >= 0.3 is 0 Å². The third kappa shape index (κ3) is 1.75. The Morgan fingerprint density at radius 3 is 2.33 bits per heavy atom. The van der Waals surface area contributed by atoms with Gasteiger partial charge in [-0.2, -0.15) is 0 Å². The van der Waals surface area contributed by atoms with Gasteiger partial charge < -0.3 is 0 Å². The molecule has 0 N–H and O–H groups in total. The number of hydrogen-bond acceptors (Lipinski definition) is 1. The van der Waals surface area contributed by atoms with Crippen LogP contribution in [0.3, 0.4) is 0 Å². The van der Waals surface area contributed by atoms with Crippen LogP contribution in [0.1, 0.15) is 20.8 Å². The molecule has 0 aromatic carbocycles. The van der Waals surface area contributed by atoms with Gasteiger partial charge in [-0.15, -0.1) is 11.8 Å². The standard InChI is InChI=1S/C8H14S/c1-8(2,3)7-4-5-9-6-7/h4-5,7H,6H2,1-3H3. The Balaban J connectivity index is 2.53. The van der Waals surface area contributed by atoms with Gasteiger partial charge in [-0.3, -0.25) is 0 Å². The summed E-state index contributed by atoms with van der Waals surface area (Å²) in [7, 11) is 0. The lowest BCUT2D eigenvalue weighted by molar-refractivity contribution is 0.322. The number of hydrogen-bond donors (Lipinski definition) is 0. The minimum Gasteiger partial charge on any atom is -0.134 e. The summed E-state index contributed by atoms with van der Waals surface area (Å²) < 4.78 is 0. The average molecular weight is 142 g/mol. The van der Waals surface area contributed by atoms with Crippen molar-refractivity contribution in [2.75, 3.05) is 5.75 Å². The van der Waals surface area contributed by atoms with Crippen molar-refractivity contribution >= 4 is 11.8 Å². The summed E-state index contributed by atoms with van der Waals surface area (Å²) in [5, 5.41) is 2.22. The molecule has 1 aliphatic heterocycles. The van der Waals surface area contributed by atoms with Crippen molar-refractivity contribution in [2.24, 2.45) is 11.3 Å².